The first-order chi connectivity index (χ1) is 5.49. The maximum Gasteiger partial charge on any atom is 0.401 e. The van der Waals surface area contributed by atoms with Gasteiger partial charge in [0.1, 0.15) is 6.67 Å². The van der Waals surface area contributed by atoms with Crippen molar-refractivity contribution in [2.75, 3.05) is 32.9 Å². The number of aliphatic hydroxyl groups excluding tert-OH is 1. The molecule has 1 N–H and O–H groups in total. The molecule has 0 aromatic rings. The van der Waals surface area contributed by atoms with Gasteiger partial charge in [0.25, 0.3) is 0 Å². The van der Waals surface area contributed by atoms with Crippen LogP contribution in [0.1, 0.15) is 0 Å². The van der Waals surface area contributed by atoms with Crippen LogP contribution in [0.2, 0.25) is 0 Å². The van der Waals surface area contributed by atoms with Crippen LogP contribution in [0, 0.1) is 0 Å². The largest absolute Gasteiger partial charge is 0.401 e. The number of hydrogen-bond acceptors (Lipinski definition) is 2. The fourth-order valence-corrected chi connectivity index (χ4v) is 0.784. The van der Waals surface area contributed by atoms with Crippen LogP contribution in [0.3, 0.4) is 0 Å². The summed E-state index contributed by atoms with van der Waals surface area (Å²) in [5, 5.41) is 8.33. The Bertz CT molecular complexity index is 111. The van der Waals surface area contributed by atoms with E-state index in [4.69, 9.17) is 5.11 Å². The summed E-state index contributed by atoms with van der Waals surface area (Å²) in [7, 11) is 0. The monoisotopic (exact) mass is 189 g/mol. The van der Waals surface area contributed by atoms with E-state index in [2.05, 4.69) is 0 Å². The predicted molar refractivity (Wildman–Crippen MR) is 35.6 cm³/mol. The van der Waals surface area contributed by atoms with Gasteiger partial charge in [-0.25, -0.2) is 4.39 Å². The SMILES string of the molecule is OCCN(CCF)CC(F)(F)F. The number of hydrogen-bond donors (Lipinski definition) is 1. The normalized spacial score (nSPS) is 12.5. The van der Waals surface area contributed by atoms with Crippen molar-refractivity contribution in [1.82, 2.24) is 4.90 Å². The zero-order valence-corrected chi connectivity index (χ0v) is 6.44. The van der Waals surface area contributed by atoms with Gasteiger partial charge in [0, 0.05) is 13.1 Å². The number of alkyl halides is 4. The van der Waals surface area contributed by atoms with Crippen LogP contribution >= 0.6 is 0 Å². The van der Waals surface area contributed by atoms with Crippen LogP contribution in [-0.2, 0) is 0 Å². The van der Waals surface area contributed by atoms with Crippen molar-refractivity contribution >= 4 is 0 Å². The van der Waals surface area contributed by atoms with E-state index in [0.29, 0.717) is 0 Å². The Hall–Kier alpha value is -0.360. The lowest BCUT2D eigenvalue weighted by Crippen LogP contribution is -2.37. The van der Waals surface area contributed by atoms with E-state index in [1.807, 2.05) is 0 Å². The second-order valence-corrected chi connectivity index (χ2v) is 2.30. The highest BCUT2D eigenvalue weighted by Crippen LogP contribution is 2.15. The van der Waals surface area contributed by atoms with Crippen LogP contribution in [0.4, 0.5) is 17.6 Å². The average Bonchev–Trinajstić information content (AvgIpc) is 1.84. The van der Waals surface area contributed by atoms with Crippen LogP contribution in [0.15, 0.2) is 0 Å². The lowest BCUT2D eigenvalue weighted by atomic mass is 10.4. The Morgan fingerprint density at radius 3 is 2.08 bits per heavy atom. The fraction of sp³-hybridized carbons (Fsp3) is 1.00. The zero-order valence-electron chi connectivity index (χ0n) is 6.44. The second kappa shape index (κ2) is 5.31. The highest BCUT2D eigenvalue weighted by molar-refractivity contribution is 4.62. The summed E-state index contributed by atoms with van der Waals surface area (Å²) in [5.74, 6) is 0. The molecule has 0 aliphatic carbocycles. The molecule has 0 heterocycles. The molecule has 0 fully saturated rings. The minimum absolute atomic E-state index is 0.149. The van der Waals surface area contributed by atoms with Crippen molar-refractivity contribution in [3.63, 3.8) is 0 Å². The van der Waals surface area contributed by atoms with E-state index in [1.165, 1.54) is 0 Å². The molecule has 0 unspecified atom stereocenters. The standard InChI is InChI=1S/C6H11F4NO/c7-1-2-11(3-4-12)5-6(8,9)10/h12H,1-5H2. The minimum Gasteiger partial charge on any atom is -0.395 e. The molecule has 0 aromatic carbocycles. The van der Waals surface area contributed by atoms with Gasteiger partial charge in [0.2, 0.25) is 0 Å². The molecule has 0 aromatic heterocycles. The molecule has 0 spiro atoms. The summed E-state index contributed by atoms with van der Waals surface area (Å²) in [6.45, 7) is -2.84. The molecule has 2 nitrogen and oxygen atoms in total. The minimum atomic E-state index is -4.33. The zero-order chi connectivity index (χ0) is 9.61. The summed E-state index contributed by atoms with van der Waals surface area (Å²) < 4.78 is 46.8. The van der Waals surface area contributed by atoms with Crippen molar-refractivity contribution in [1.29, 1.82) is 0 Å². The molecule has 0 aliphatic heterocycles. The maximum absolute atomic E-state index is 11.7. The lowest BCUT2D eigenvalue weighted by molar-refractivity contribution is -0.147. The van der Waals surface area contributed by atoms with E-state index >= 15 is 0 Å². The van der Waals surface area contributed by atoms with Crippen molar-refractivity contribution in [2.24, 2.45) is 0 Å². The number of nitrogens with zero attached hydrogens (tertiary/aromatic N) is 1. The van der Waals surface area contributed by atoms with Crippen LogP contribution in [0.5, 0.6) is 0 Å². The predicted octanol–water partition coefficient (Wildman–Crippen LogP) is 0.812. The summed E-state index contributed by atoms with van der Waals surface area (Å²) in [6, 6.07) is 0. The molecule has 0 aliphatic rings. The van der Waals surface area contributed by atoms with Crippen molar-refractivity contribution in [3.05, 3.63) is 0 Å². The van der Waals surface area contributed by atoms with E-state index in [-0.39, 0.29) is 13.1 Å². The Balaban J connectivity index is 3.77. The molecule has 0 amide bonds. The quantitative estimate of drug-likeness (QED) is 0.647. The molecule has 0 saturated carbocycles. The smallest absolute Gasteiger partial charge is 0.395 e. The van der Waals surface area contributed by atoms with E-state index < -0.39 is 26.0 Å². The van der Waals surface area contributed by atoms with E-state index in [1.54, 1.807) is 0 Å². The first kappa shape index (κ1) is 11.6. The first-order valence-electron chi connectivity index (χ1n) is 3.45. The number of aliphatic hydroxyl groups is 1. The summed E-state index contributed by atoms with van der Waals surface area (Å²) in [5.41, 5.74) is 0. The lowest BCUT2D eigenvalue weighted by Gasteiger charge is -2.20. The van der Waals surface area contributed by atoms with Gasteiger partial charge in [-0.1, -0.05) is 0 Å². The van der Waals surface area contributed by atoms with Gasteiger partial charge in [-0.2, -0.15) is 13.2 Å². The molecule has 6 heteroatoms. The maximum atomic E-state index is 11.7. The summed E-state index contributed by atoms with van der Waals surface area (Å²) in [4.78, 5) is 0.819. The van der Waals surface area contributed by atoms with Crippen molar-refractivity contribution in [2.45, 2.75) is 6.18 Å². The Morgan fingerprint density at radius 2 is 1.75 bits per heavy atom. The molecular weight excluding hydrogens is 178 g/mol. The van der Waals surface area contributed by atoms with Gasteiger partial charge in [0.15, 0.2) is 0 Å². The second-order valence-electron chi connectivity index (χ2n) is 2.30. The molecule has 74 valence electrons. The molecule has 0 atom stereocenters. The average molecular weight is 189 g/mol. The van der Waals surface area contributed by atoms with Crippen molar-refractivity contribution in [3.8, 4) is 0 Å². The highest BCUT2D eigenvalue weighted by atomic mass is 19.4. The molecule has 12 heavy (non-hydrogen) atoms. The van der Waals surface area contributed by atoms with Crippen LogP contribution in [-0.4, -0.2) is 49.1 Å². The Kier molecular flexibility index (Phi) is 5.16. The Morgan fingerprint density at radius 1 is 1.17 bits per heavy atom. The van der Waals surface area contributed by atoms with Gasteiger partial charge in [-0.3, -0.25) is 4.90 Å². The molecule has 0 radical (unpaired) electrons. The van der Waals surface area contributed by atoms with E-state index in [9.17, 15) is 17.6 Å². The third-order valence-corrected chi connectivity index (χ3v) is 1.22. The van der Waals surface area contributed by atoms with Crippen molar-refractivity contribution < 1.29 is 22.7 Å². The van der Waals surface area contributed by atoms with Gasteiger partial charge < -0.3 is 5.11 Å². The fourth-order valence-electron chi connectivity index (χ4n) is 0.784. The van der Waals surface area contributed by atoms with Crippen LogP contribution < -0.4 is 0 Å². The molecular formula is C6H11F4NO. The summed E-state index contributed by atoms with van der Waals surface area (Å²) in [6.07, 6.45) is -4.33. The first-order valence-corrected chi connectivity index (χ1v) is 3.45. The van der Waals surface area contributed by atoms with Gasteiger partial charge >= 0.3 is 6.18 Å². The van der Waals surface area contributed by atoms with Gasteiger partial charge in [-0.15, -0.1) is 0 Å². The topological polar surface area (TPSA) is 23.5 Å². The molecule has 0 rings (SSSR count). The molecule has 0 saturated heterocycles. The van der Waals surface area contributed by atoms with Crippen LogP contribution in [0.25, 0.3) is 0 Å². The third-order valence-electron chi connectivity index (χ3n) is 1.22. The Labute approximate surface area is 67.8 Å². The molecule has 0 bridgehead atoms. The summed E-state index contributed by atoms with van der Waals surface area (Å²) >= 11 is 0. The van der Waals surface area contributed by atoms with Gasteiger partial charge in [-0.05, 0) is 0 Å². The number of rotatable bonds is 5. The highest BCUT2D eigenvalue weighted by Gasteiger charge is 2.30. The van der Waals surface area contributed by atoms with E-state index in [0.717, 1.165) is 4.90 Å². The van der Waals surface area contributed by atoms with Gasteiger partial charge in [0.05, 0.1) is 13.2 Å². The third kappa shape index (κ3) is 6.36. The number of halogens is 4.